The van der Waals surface area contributed by atoms with Crippen LogP contribution in [0.15, 0.2) is 24.3 Å². The number of hydrogen-bond acceptors (Lipinski definition) is 6. The van der Waals surface area contributed by atoms with Crippen LogP contribution in [-0.2, 0) is 9.53 Å². The predicted octanol–water partition coefficient (Wildman–Crippen LogP) is 0.568. The molecule has 27 heavy (non-hydrogen) atoms. The summed E-state index contributed by atoms with van der Waals surface area (Å²) >= 11 is 0. The number of carbonyl (C=O) groups is 1. The van der Waals surface area contributed by atoms with Crippen molar-refractivity contribution in [3.8, 4) is 5.75 Å². The maximum atomic E-state index is 11.8. The summed E-state index contributed by atoms with van der Waals surface area (Å²) in [7, 11) is 3.53. The molecular weight excluding hydrogens is 346 g/mol. The van der Waals surface area contributed by atoms with Gasteiger partial charge in [-0.1, -0.05) is 6.07 Å². The first-order valence-corrected chi connectivity index (χ1v) is 9.68. The maximum Gasteiger partial charge on any atom is 0.248 e. The highest BCUT2D eigenvalue weighted by Crippen LogP contribution is 2.31. The molecule has 1 aromatic carbocycles. The fraction of sp³-hybridized carbons (Fsp3) is 0.650. The zero-order chi connectivity index (χ0) is 19.0. The van der Waals surface area contributed by atoms with Crippen molar-refractivity contribution in [1.29, 1.82) is 0 Å². The number of β-amino-alcohol motifs (C(OH)–C–C–N with tert-alkyl or cyclic N) is 1. The van der Waals surface area contributed by atoms with Crippen LogP contribution >= 0.6 is 0 Å². The van der Waals surface area contributed by atoms with Crippen molar-refractivity contribution in [2.75, 3.05) is 58.4 Å². The van der Waals surface area contributed by atoms with Gasteiger partial charge in [0.25, 0.3) is 0 Å². The Kier molecular flexibility index (Phi) is 5.01. The molecule has 3 heterocycles. The summed E-state index contributed by atoms with van der Waals surface area (Å²) in [6.45, 7) is 4.00. The number of anilines is 1. The Morgan fingerprint density at radius 1 is 1.30 bits per heavy atom. The lowest BCUT2D eigenvalue weighted by molar-refractivity contribution is -0.150. The van der Waals surface area contributed by atoms with Crippen LogP contribution in [0.1, 0.15) is 12.8 Å². The molecule has 3 aliphatic rings. The van der Waals surface area contributed by atoms with E-state index < -0.39 is 5.60 Å². The molecule has 0 aliphatic carbocycles. The van der Waals surface area contributed by atoms with Gasteiger partial charge in [0, 0.05) is 51.5 Å². The summed E-state index contributed by atoms with van der Waals surface area (Å²) < 4.78 is 11.0. The lowest BCUT2D eigenvalue weighted by atomic mass is 9.90. The van der Waals surface area contributed by atoms with Crippen molar-refractivity contribution < 1.29 is 19.4 Å². The largest absolute Gasteiger partial charge is 0.497 e. The van der Waals surface area contributed by atoms with E-state index in [1.807, 2.05) is 30.1 Å². The third kappa shape index (κ3) is 3.77. The van der Waals surface area contributed by atoms with Gasteiger partial charge in [-0.15, -0.1) is 0 Å². The molecule has 0 spiro atoms. The van der Waals surface area contributed by atoms with E-state index in [1.54, 1.807) is 7.11 Å². The Bertz CT molecular complexity index is 690. The summed E-state index contributed by atoms with van der Waals surface area (Å²) in [6, 6.07) is 8.17. The minimum absolute atomic E-state index is 0.0448. The van der Waals surface area contributed by atoms with Crippen LogP contribution in [0.5, 0.6) is 5.75 Å². The molecule has 0 radical (unpaired) electrons. The summed E-state index contributed by atoms with van der Waals surface area (Å²) in [4.78, 5) is 18.2. The number of fused-ring (bicyclic) bond motifs is 1. The highest BCUT2D eigenvalue weighted by molar-refractivity contribution is 5.78. The number of hydrogen-bond donors (Lipinski definition) is 1. The van der Waals surface area contributed by atoms with Gasteiger partial charge in [-0.3, -0.25) is 9.69 Å². The average Bonchev–Trinajstić information content (AvgIpc) is 3.08. The number of likely N-dealkylation sites (N-methyl/N-ethyl adjacent to an activating group) is 1. The molecule has 0 saturated carbocycles. The number of rotatable bonds is 4. The summed E-state index contributed by atoms with van der Waals surface area (Å²) in [5, 5.41) is 11.1. The number of nitrogens with zero attached hydrogens (tertiary/aromatic N) is 3. The van der Waals surface area contributed by atoms with Crippen LogP contribution < -0.4 is 9.64 Å². The van der Waals surface area contributed by atoms with E-state index in [2.05, 4.69) is 15.9 Å². The molecule has 1 aromatic rings. The first-order chi connectivity index (χ1) is 13.0. The number of methoxy groups -OCH3 is 1. The van der Waals surface area contributed by atoms with E-state index in [1.165, 1.54) is 0 Å². The molecule has 3 fully saturated rings. The number of benzene rings is 1. The number of ether oxygens (including phenoxy) is 2. The Labute approximate surface area is 160 Å². The number of morpholine rings is 1. The van der Waals surface area contributed by atoms with Crippen molar-refractivity contribution in [3.63, 3.8) is 0 Å². The van der Waals surface area contributed by atoms with E-state index in [-0.39, 0.29) is 24.7 Å². The normalized spacial score (nSPS) is 28.3. The molecule has 1 N–H and O–H groups in total. The molecule has 148 valence electrons. The Balaban J connectivity index is 1.34. The maximum absolute atomic E-state index is 11.8. The number of likely N-dealkylation sites (tertiary alicyclic amines) is 1. The van der Waals surface area contributed by atoms with E-state index in [0.717, 1.165) is 50.5 Å². The van der Waals surface area contributed by atoms with Crippen LogP contribution in [0.2, 0.25) is 0 Å². The van der Waals surface area contributed by atoms with Gasteiger partial charge in [0.05, 0.1) is 24.9 Å². The van der Waals surface area contributed by atoms with E-state index in [9.17, 15) is 9.90 Å². The minimum atomic E-state index is -0.689. The van der Waals surface area contributed by atoms with E-state index in [4.69, 9.17) is 9.47 Å². The molecule has 4 rings (SSSR count). The Morgan fingerprint density at radius 3 is 2.81 bits per heavy atom. The molecule has 3 saturated heterocycles. The fourth-order valence-electron chi connectivity index (χ4n) is 4.53. The zero-order valence-electron chi connectivity index (χ0n) is 16.1. The summed E-state index contributed by atoms with van der Waals surface area (Å²) in [5.74, 6) is 0.898. The first kappa shape index (κ1) is 18.5. The lowest BCUT2D eigenvalue weighted by Crippen LogP contribution is -2.52. The number of aliphatic hydroxyl groups is 1. The van der Waals surface area contributed by atoms with Gasteiger partial charge in [-0.25, -0.2) is 0 Å². The quantitative estimate of drug-likeness (QED) is 0.830. The van der Waals surface area contributed by atoms with Crippen molar-refractivity contribution >= 4 is 11.6 Å². The van der Waals surface area contributed by atoms with Gasteiger partial charge in [0.15, 0.2) is 0 Å². The van der Waals surface area contributed by atoms with Crippen LogP contribution in [0.25, 0.3) is 0 Å². The topological polar surface area (TPSA) is 65.5 Å². The molecule has 3 aliphatic heterocycles. The third-order valence-corrected chi connectivity index (χ3v) is 6.25. The number of amides is 1. The highest BCUT2D eigenvalue weighted by Gasteiger charge is 2.44. The molecule has 0 bridgehead atoms. The SMILES string of the molecule is COc1cccc(N2CCC(O)(CN3C[C@@H]4OCC(=O)N(C)[C@H]4C3)CC2)c1. The van der Waals surface area contributed by atoms with Gasteiger partial charge in [0.1, 0.15) is 12.4 Å². The number of piperidine rings is 1. The molecule has 7 heteroatoms. The van der Waals surface area contributed by atoms with Crippen molar-refractivity contribution in [2.24, 2.45) is 0 Å². The molecule has 0 aromatic heterocycles. The molecule has 2 atom stereocenters. The van der Waals surface area contributed by atoms with Gasteiger partial charge in [-0.2, -0.15) is 0 Å². The number of carbonyl (C=O) groups excluding carboxylic acids is 1. The third-order valence-electron chi connectivity index (χ3n) is 6.25. The smallest absolute Gasteiger partial charge is 0.248 e. The van der Waals surface area contributed by atoms with Crippen LogP contribution in [0.3, 0.4) is 0 Å². The van der Waals surface area contributed by atoms with Crippen LogP contribution in [0, 0.1) is 0 Å². The van der Waals surface area contributed by atoms with Crippen molar-refractivity contribution in [3.05, 3.63) is 24.3 Å². The second-order valence-electron chi connectivity index (χ2n) is 8.03. The van der Waals surface area contributed by atoms with E-state index >= 15 is 0 Å². The monoisotopic (exact) mass is 375 g/mol. The minimum Gasteiger partial charge on any atom is -0.497 e. The first-order valence-electron chi connectivity index (χ1n) is 9.68. The summed E-state index contributed by atoms with van der Waals surface area (Å²) in [5.41, 5.74) is 0.447. The van der Waals surface area contributed by atoms with Gasteiger partial charge >= 0.3 is 0 Å². The van der Waals surface area contributed by atoms with Gasteiger partial charge in [-0.05, 0) is 25.0 Å². The Morgan fingerprint density at radius 2 is 2.07 bits per heavy atom. The van der Waals surface area contributed by atoms with Crippen molar-refractivity contribution in [1.82, 2.24) is 9.80 Å². The fourth-order valence-corrected chi connectivity index (χ4v) is 4.53. The van der Waals surface area contributed by atoms with Crippen molar-refractivity contribution in [2.45, 2.75) is 30.6 Å². The second kappa shape index (κ2) is 7.30. The van der Waals surface area contributed by atoms with Gasteiger partial charge < -0.3 is 24.4 Å². The van der Waals surface area contributed by atoms with Crippen LogP contribution in [-0.4, -0.2) is 92.0 Å². The van der Waals surface area contributed by atoms with Gasteiger partial charge in [0.2, 0.25) is 5.91 Å². The predicted molar refractivity (Wildman–Crippen MR) is 102 cm³/mol. The Hall–Kier alpha value is -1.83. The molecular formula is C20H29N3O4. The van der Waals surface area contributed by atoms with E-state index in [0.29, 0.717) is 6.54 Å². The highest BCUT2D eigenvalue weighted by atomic mass is 16.5. The average molecular weight is 375 g/mol. The molecule has 7 nitrogen and oxygen atoms in total. The standard InChI is InChI=1S/C20H29N3O4/c1-21-17-11-22(12-18(17)27-13-19(21)24)14-20(25)6-8-23(9-7-20)15-4-3-5-16(10-15)26-2/h3-5,10,17-18,25H,6-9,11-14H2,1-2H3/t17-,18-/m0/s1. The lowest BCUT2D eigenvalue weighted by Gasteiger charge is -2.41. The van der Waals surface area contributed by atoms with Crippen LogP contribution in [0.4, 0.5) is 5.69 Å². The molecule has 0 unspecified atom stereocenters. The zero-order valence-corrected chi connectivity index (χ0v) is 16.1. The molecule has 1 amide bonds. The second-order valence-corrected chi connectivity index (χ2v) is 8.03. The summed E-state index contributed by atoms with van der Waals surface area (Å²) in [6.07, 6.45) is 1.52.